The summed E-state index contributed by atoms with van der Waals surface area (Å²) in [5, 5.41) is 43.9. The highest BCUT2D eigenvalue weighted by atomic mass is 79.9. The third kappa shape index (κ3) is 18.5. The average molecular weight is 1590 g/mol. The summed E-state index contributed by atoms with van der Waals surface area (Å²) in [4.78, 5) is 105. The van der Waals surface area contributed by atoms with Crippen LogP contribution in [0.3, 0.4) is 0 Å². The number of carbonyl (C=O) groups excluding carboxylic acids is 3. The lowest BCUT2D eigenvalue weighted by molar-refractivity contribution is -0.142. The van der Waals surface area contributed by atoms with E-state index in [0.717, 1.165) is 12.1 Å². The zero-order valence-corrected chi connectivity index (χ0v) is 60.3. The van der Waals surface area contributed by atoms with E-state index in [4.69, 9.17) is 57.7 Å². The number of esters is 3. The minimum absolute atomic E-state index is 0.0188. The molecular formula is C67H65BrCl2F6N12O12S3. The Hall–Kier alpha value is -8.48. The molecule has 103 heavy (non-hydrogen) atoms. The lowest BCUT2D eigenvalue weighted by Crippen LogP contribution is -2.60. The van der Waals surface area contributed by atoms with E-state index in [1.807, 2.05) is 0 Å². The summed E-state index contributed by atoms with van der Waals surface area (Å²) in [6, 6.07) is 6.76. The number of likely N-dealkylation sites (tertiary alicyclic amines) is 3. The maximum absolute atomic E-state index is 14.3. The summed E-state index contributed by atoms with van der Waals surface area (Å²) in [7, 11) is 0. The molecule has 3 aromatic carbocycles. The Morgan fingerprint density at radius 1 is 0.515 bits per heavy atom. The number of nitrogens with one attached hydrogen (secondary N) is 3. The predicted molar refractivity (Wildman–Crippen MR) is 374 cm³/mol. The molecule has 6 unspecified atom stereocenters. The number of carboxylic acids is 3. The molecule has 6 aromatic rings. The molecule has 0 spiro atoms. The second kappa shape index (κ2) is 34.9. The van der Waals surface area contributed by atoms with Crippen LogP contribution < -0.4 is 16.0 Å². The van der Waals surface area contributed by atoms with Crippen LogP contribution in [0.5, 0.6) is 0 Å². The van der Waals surface area contributed by atoms with Crippen molar-refractivity contribution < 1.29 is 84.6 Å². The Balaban J connectivity index is 0.000000166. The topological polar surface area (TPSA) is 312 Å². The molecule has 3 aromatic heterocycles. The molecule has 6 N–H and O–H groups in total. The van der Waals surface area contributed by atoms with E-state index in [1.165, 1.54) is 76.5 Å². The van der Waals surface area contributed by atoms with Crippen molar-refractivity contribution in [2.75, 3.05) is 59.1 Å². The van der Waals surface area contributed by atoms with Gasteiger partial charge in [-0.2, -0.15) is 0 Å². The summed E-state index contributed by atoms with van der Waals surface area (Å²) in [6.45, 7) is 5.73. The first kappa shape index (κ1) is 77.1. The van der Waals surface area contributed by atoms with E-state index in [0.29, 0.717) is 70.8 Å². The van der Waals surface area contributed by atoms with Crippen molar-refractivity contribution in [3.05, 3.63) is 187 Å². The number of benzene rings is 3. The molecule has 24 nitrogen and oxygen atoms in total. The van der Waals surface area contributed by atoms with Crippen molar-refractivity contribution in [1.29, 1.82) is 0 Å². The van der Waals surface area contributed by atoms with Crippen molar-refractivity contribution in [1.82, 2.24) is 45.6 Å². The van der Waals surface area contributed by atoms with Gasteiger partial charge in [-0.25, -0.2) is 55.7 Å². The number of hydrogen-bond acceptors (Lipinski definition) is 24. The average Bonchev–Trinajstić information content (AvgIpc) is 1.34. The molecule has 3 fully saturated rings. The number of rotatable bonds is 25. The number of carboxylic acid groups (broad SMARTS) is 3. The molecule has 6 aliphatic heterocycles. The normalized spacial score (nSPS) is 22.5. The Morgan fingerprint density at radius 2 is 0.845 bits per heavy atom. The number of thiazole rings is 3. The maximum Gasteiger partial charge on any atom is 0.338 e. The molecule has 546 valence electrons. The highest BCUT2D eigenvalue weighted by Gasteiger charge is 2.46. The van der Waals surface area contributed by atoms with Gasteiger partial charge in [0.1, 0.15) is 54.1 Å². The van der Waals surface area contributed by atoms with Crippen LogP contribution >= 0.6 is 73.1 Å². The van der Waals surface area contributed by atoms with Gasteiger partial charge in [0.15, 0.2) is 32.5 Å². The number of aromatic nitrogens is 3. The van der Waals surface area contributed by atoms with E-state index in [1.54, 1.807) is 70.2 Å². The van der Waals surface area contributed by atoms with Crippen molar-refractivity contribution in [2.45, 2.75) is 101 Å². The Kier molecular flexibility index (Phi) is 26.1. The number of carbonyl (C=O) groups is 6. The van der Waals surface area contributed by atoms with Crippen molar-refractivity contribution >= 4 is 126 Å². The summed E-state index contributed by atoms with van der Waals surface area (Å²) in [6.07, 6.45) is 0.328. The first-order valence-electron chi connectivity index (χ1n) is 31.9. The van der Waals surface area contributed by atoms with Gasteiger partial charge in [0.2, 0.25) is 0 Å². The van der Waals surface area contributed by atoms with Gasteiger partial charge >= 0.3 is 35.8 Å². The van der Waals surface area contributed by atoms with E-state index < -0.39 is 108 Å². The molecule has 12 rings (SSSR count). The van der Waals surface area contributed by atoms with Crippen LogP contribution in [0.1, 0.15) is 96.3 Å². The quantitative estimate of drug-likeness (QED) is 0.0176. The fourth-order valence-electron chi connectivity index (χ4n) is 12.1. The van der Waals surface area contributed by atoms with E-state index >= 15 is 0 Å². The number of aliphatic imine (C=N–C) groups is 3. The molecule has 0 radical (unpaired) electrons. The van der Waals surface area contributed by atoms with E-state index in [2.05, 4.69) is 56.8 Å². The zero-order chi connectivity index (χ0) is 73.9. The second-order valence-corrected chi connectivity index (χ2v) is 27.9. The standard InChI is InChI=1S/C23H23ClF2N4O4S.C22H21BrF2N4O4S.C22H21ClF2N4O4S/c1-2-34-23(33)19-16(11-30-10-15(26)17(30)5-6-18(31)32)28-21(22-27-7-8-35-22)29-20(19)13-4-3-12(25)9-14(13)24;2*1-2-33-22(32)18-15(10-29-9-14(25)16(29)8-17(30)31)27-20(21-26-5-6-34-21)28-19(18)12-4-3-11(24)7-13(12)23/h3-4,7-9,15,17,20H,2,5-6,10-11H2,1H3,(H,28,29)(H,31,32);2*3-7,14,16,19H,2,8-10H2,1H3,(H,27,28)(H,30,31)/t15?,17?,20-;2*14?,16?,19-/m000/s1. The van der Waals surface area contributed by atoms with Gasteiger partial charge in [-0.15, -0.1) is 34.0 Å². The minimum atomic E-state index is -1.29. The molecule has 0 bridgehead atoms. The molecule has 0 amide bonds. The van der Waals surface area contributed by atoms with E-state index in [-0.39, 0.29) is 112 Å². The van der Waals surface area contributed by atoms with Crippen LogP contribution in [0.15, 0.2) is 143 Å². The smallest absolute Gasteiger partial charge is 0.338 e. The SMILES string of the molecule is CCOC(=O)C1=C(CN2CC(F)C2CC(=O)O)NC(c2nccs2)=N[C@H]1c1ccc(F)cc1Br.CCOC(=O)C1=C(CN2CC(F)C2CC(=O)O)NC(c2nccs2)=N[C@H]1c1ccc(F)cc1Cl.CCOC(=O)C1=C(CN2CC(F)C2CCC(=O)O)NC(c2nccs2)=N[C@H]1c1ccc(F)cc1Cl. The van der Waals surface area contributed by atoms with Crippen LogP contribution in [0.2, 0.25) is 10.0 Å². The fourth-order valence-corrected chi connectivity index (χ4v) is 14.9. The Morgan fingerprint density at radius 3 is 1.14 bits per heavy atom. The predicted octanol–water partition coefficient (Wildman–Crippen LogP) is 10.5. The van der Waals surface area contributed by atoms with Gasteiger partial charge in [-0.05, 0) is 69.2 Å². The van der Waals surface area contributed by atoms with E-state index in [9.17, 15) is 55.1 Å². The summed E-state index contributed by atoms with van der Waals surface area (Å²) in [5.41, 5.74) is 2.99. The molecule has 9 atom stereocenters. The number of hydrogen-bond donors (Lipinski definition) is 6. The zero-order valence-electron chi connectivity index (χ0n) is 54.7. The van der Waals surface area contributed by atoms with Gasteiger partial charge < -0.3 is 45.5 Å². The first-order chi connectivity index (χ1) is 49.3. The van der Waals surface area contributed by atoms with Gasteiger partial charge in [0.25, 0.3) is 0 Å². The molecule has 36 heteroatoms. The molecule has 0 saturated carbocycles. The number of ether oxygens (including phenoxy) is 3. The van der Waals surface area contributed by atoms with Crippen LogP contribution in [0, 0.1) is 17.5 Å². The molecule has 0 aliphatic carbocycles. The monoisotopic (exact) mass is 1590 g/mol. The number of alkyl halides is 3. The minimum Gasteiger partial charge on any atom is -0.481 e. The van der Waals surface area contributed by atoms with Gasteiger partial charge in [-0.1, -0.05) is 57.3 Å². The summed E-state index contributed by atoms with van der Waals surface area (Å²) in [5.74, 6) is -5.55. The number of aliphatic carboxylic acids is 3. The highest BCUT2D eigenvalue weighted by Crippen LogP contribution is 2.42. The van der Waals surface area contributed by atoms with Crippen molar-refractivity contribution in [3.8, 4) is 0 Å². The van der Waals surface area contributed by atoms with Crippen LogP contribution in [0.25, 0.3) is 0 Å². The van der Waals surface area contributed by atoms with Gasteiger partial charge in [0, 0.05) is 129 Å². The van der Waals surface area contributed by atoms with Crippen LogP contribution in [0.4, 0.5) is 26.3 Å². The number of amidine groups is 3. The number of nitrogens with zero attached hydrogens (tertiary/aromatic N) is 9. The van der Waals surface area contributed by atoms with Crippen LogP contribution in [-0.4, -0.2) is 194 Å². The highest BCUT2D eigenvalue weighted by molar-refractivity contribution is 9.10. The molecule has 6 aliphatic rings. The summed E-state index contributed by atoms with van der Waals surface area (Å²) >= 11 is 20.0. The molecule has 9 heterocycles. The third-order valence-corrected chi connectivity index (χ3v) is 20.6. The maximum atomic E-state index is 14.3. The lowest BCUT2D eigenvalue weighted by atomic mass is 9.92. The fraction of sp³-hybridized carbons (Fsp3) is 0.373. The first-order valence-corrected chi connectivity index (χ1v) is 36.1. The lowest BCUT2D eigenvalue weighted by Gasteiger charge is -2.45. The van der Waals surface area contributed by atoms with Gasteiger partial charge in [0.05, 0.1) is 61.5 Å². The second-order valence-electron chi connectivity index (χ2n) is 23.5. The Labute approximate surface area is 615 Å². The van der Waals surface area contributed by atoms with Crippen molar-refractivity contribution in [2.24, 2.45) is 15.0 Å². The third-order valence-electron chi connectivity index (χ3n) is 16.9. The largest absolute Gasteiger partial charge is 0.481 e. The number of halogens is 9. The van der Waals surface area contributed by atoms with Gasteiger partial charge in [-0.3, -0.25) is 44.1 Å². The molecular weight excluding hydrogens is 1530 g/mol. The van der Waals surface area contributed by atoms with Crippen molar-refractivity contribution in [3.63, 3.8) is 0 Å². The summed E-state index contributed by atoms with van der Waals surface area (Å²) < 4.78 is 100. The molecule has 3 saturated heterocycles. The Bertz CT molecular complexity index is 4170. The van der Waals surface area contributed by atoms with Crippen LogP contribution in [-0.2, 0) is 43.0 Å².